The highest BCUT2D eigenvalue weighted by molar-refractivity contribution is 5.25. The van der Waals surface area contributed by atoms with Gasteiger partial charge < -0.3 is 4.74 Å². The van der Waals surface area contributed by atoms with Gasteiger partial charge in [-0.1, -0.05) is 43.7 Å². The molecule has 1 unspecified atom stereocenters. The van der Waals surface area contributed by atoms with E-state index in [1.54, 1.807) is 0 Å². The van der Waals surface area contributed by atoms with E-state index in [9.17, 15) is 0 Å². The molecule has 0 bridgehead atoms. The molecular formula is C22H35N7O. The van der Waals surface area contributed by atoms with E-state index in [4.69, 9.17) is 4.74 Å². The summed E-state index contributed by atoms with van der Waals surface area (Å²) in [5.74, 6) is 0.969. The number of rotatable bonds is 9. The third kappa shape index (κ3) is 5.43. The van der Waals surface area contributed by atoms with Crippen LogP contribution in [-0.4, -0.2) is 100 Å². The van der Waals surface area contributed by atoms with Gasteiger partial charge in [-0.05, 0) is 22.4 Å². The van der Waals surface area contributed by atoms with Gasteiger partial charge in [0.1, 0.15) is 0 Å². The van der Waals surface area contributed by atoms with Gasteiger partial charge in [0.25, 0.3) is 0 Å². The van der Waals surface area contributed by atoms with Gasteiger partial charge >= 0.3 is 0 Å². The number of aromatic nitrogens is 4. The first-order valence-electron chi connectivity index (χ1n) is 11.4. The minimum atomic E-state index is 0.111. The number of aryl methyl sites for hydroxylation is 1. The zero-order chi connectivity index (χ0) is 20.6. The van der Waals surface area contributed by atoms with E-state index < -0.39 is 0 Å². The molecule has 4 rings (SSSR count). The van der Waals surface area contributed by atoms with E-state index in [-0.39, 0.29) is 6.04 Å². The summed E-state index contributed by atoms with van der Waals surface area (Å²) in [6.45, 7) is 13.5. The van der Waals surface area contributed by atoms with E-state index in [2.05, 4.69) is 67.5 Å². The summed E-state index contributed by atoms with van der Waals surface area (Å²) < 4.78 is 7.47. The summed E-state index contributed by atoms with van der Waals surface area (Å²) in [5, 5.41) is 12.8. The van der Waals surface area contributed by atoms with Gasteiger partial charge in [-0.15, -0.1) is 5.10 Å². The van der Waals surface area contributed by atoms with E-state index in [0.29, 0.717) is 0 Å². The predicted octanol–water partition coefficient (Wildman–Crippen LogP) is 1.51. The molecule has 2 saturated heterocycles. The predicted molar refractivity (Wildman–Crippen MR) is 116 cm³/mol. The number of hydrogen-bond donors (Lipinski definition) is 0. The van der Waals surface area contributed by atoms with Crippen molar-refractivity contribution >= 4 is 0 Å². The van der Waals surface area contributed by atoms with Gasteiger partial charge in [-0.2, -0.15) is 0 Å². The van der Waals surface area contributed by atoms with Gasteiger partial charge in [0.2, 0.25) is 0 Å². The molecule has 3 heterocycles. The molecule has 0 saturated carbocycles. The molecule has 8 heteroatoms. The monoisotopic (exact) mass is 413 g/mol. The number of unbranched alkanes of at least 4 members (excludes halogenated alkanes) is 1. The SMILES string of the molecule is CCCCn1nnnc1C(c1ccccc1)N1CCN(CCN2CCOCC2)CC1. The first-order chi connectivity index (χ1) is 14.8. The third-order valence-corrected chi connectivity index (χ3v) is 6.25. The van der Waals surface area contributed by atoms with Crippen molar-refractivity contribution in [2.75, 3.05) is 65.6 Å². The Labute approximate surface area is 179 Å². The maximum Gasteiger partial charge on any atom is 0.173 e. The highest BCUT2D eigenvalue weighted by Gasteiger charge is 2.30. The second-order valence-corrected chi connectivity index (χ2v) is 8.26. The van der Waals surface area contributed by atoms with Crippen molar-refractivity contribution in [2.45, 2.75) is 32.4 Å². The number of tetrazole rings is 1. The topological polar surface area (TPSA) is 62.6 Å². The third-order valence-electron chi connectivity index (χ3n) is 6.25. The van der Waals surface area contributed by atoms with E-state index >= 15 is 0 Å². The van der Waals surface area contributed by atoms with Crippen LogP contribution in [0.1, 0.15) is 37.2 Å². The van der Waals surface area contributed by atoms with E-state index in [1.807, 2.05) is 4.68 Å². The first kappa shape index (κ1) is 21.4. The van der Waals surface area contributed by atoms with Gasteiger partial charge in [0.15, 0.2) is 5.82 Å². The fourth-order valence-electron chi connectivity index (χ4n) is 4.39. The zero-order valence-corrected chi connectivity index (χ0v) is 18.2. The Balaban J connectivity index is 1.41. The van der Waals surface area contributed by atoms with Gasteiger partial charge in [0, 0.05) is 58.9 Å². The first-order valence-corrected chi connectivity index (χ1v) is 11.4. The Morgan fingerprint density at radius 1 is 0.900 bits per heavy atom. The standard InChI is InChI=1S/C22H35N7O/c1-2-3-9-29-22(23-24-25-29)21(20-7-5-4-6-8-20)28-14-12-26(13-15-28)10-11-27-16-18-30-19-17-27/h4-8,21H,2-3,9-19H2,1H3. The molecule has 1 aromatic carbocycles. The Morgan fingerprint density at radius 2 is 1.60 bits per heavy atom. The average molecular weight is 414 g/mol. The van der Waals surface area contributed by atoms with Gasteiger partial charge in [-0.25, -0.2) is 4.68 Å². The molecule has 1 aromatic heterocycles. The molecule has 0 aliphatic carbocycles. The summed E-state index contributed by atoms with van der Waals surface area (Å²) in [6, 6.07) is 10.8. The molecule has 2 aliphatic heterocycles. The fraction of sp³-hybridized carbons (Fsp3) is 0.682. The number of piperazine rings is 1. The van der Waals surface area contributed by atoms with E-state index in [0.717, 1.165) is 90.8 Å². The molecule has 30 heavy (non-hydrogen) atoms. The number of benzene rings is 1. The van der Waals surface area contributed by atoms with Crippen LogP contribution in [0.3, 0.4) is 0 Å². The fourth-order valence-corrected chi connectivity index (χ4v) is 4.39. The lowest BCUT2D eigenvalue weighted by atomic mass is 10.0. The van der Waals surface area contributed by atoms with E-state index in [1.165, 1.54) is 5.56 Å². The second-order valence-electron chi connectivity index (χ2n) is 8.26. The van der Waals surface area contributed by atoms with Crippen molar-refractivity contribution in [3.05, 3.63) is 41.7 Å². The minimum absolute atomic E-state index is 0.111. The van der Waals surface area contributed by atoms with Crippen LogP contribution < -0.4 is 0 Å². The highest BCUT2D eigenvalue weighted by Crippen LogP contribution is 2.28. The van der Waals surface area contributed by atoms with Crippen LogP contribution in [0.2, 0.25) is 0 Å². The Bertz CT molecular complexity index is 739. The van der Waals surface area contributed by atoms with Crippen LogP contribution >= 0.6 is 0 Å². The number of nitrogens with zero attached hydrogens (tertiary/aromatic N) is 7. The van der Waals surface area contributed by atoms with Crippen LogP contribution in [0.25, 0.3) is 0 Å². The van der Waals surface area contributed by atoms with Crippen molar-refractivity contribution in [1.82, 2.24) is 34.9 Å². The molecule has 1 atom stereocenters. The van der Waals surface area contributed by atoms with Gasteiger partial charge in [0.05, 0.1) is 19.3 Å². The number of hydrogen-bond acceptors (Lipinski definition) is 7. The summed E-state index contributed by atoms with van der Waals surface area (Å²) in [7, 11) is 0. The maximum atomic E-state index is 5.46. The van der Waals surface area contributed by atoms with Crippen LogP contribution in [0, 0.1) is 0 Å². The second kappa shape index (κ2) is 10.9. The molecule has 8 nitrogen and oxygen atoms in total. The van der Waals surface area contributed by atoms with Crippen LogP contribution in [-0.2, 0) is 11.3 Å². The highest BCUT2D eigenvalue weighted by atomic mass is 16.5. The smallest absolute Gasteiger partial charge is 0.173 e. The molecule has 2 fully saturated rings. The largest absolute Gasteiger partial charge is 0.379 e. The Morgan fingerprint density at radius 3 is 2.30 bits per heavy atom. The lowest BCUT2D eigenvalue weighted by molar-refractivity contribution is 0.0285. The van der Waals surface area contributed by atoms with Gasteiger partial charge in [-0.3, -0.25) is 14.7 Å². The van der Waals surface area contributed by atoms with Crippen molar-refractivity contribution in [3.8, 4) is 0 Å². The molecule has 0 radical (unpaired) electrons. The van der Waals surface area contributed by atoms with Crippen LogP contribution in [0.15, 0.2) is 30.3 Å². The summed E-state index contributed by atoms with van der Waals surface area (Å²) in [5.41, 5.74) is 1.27. The Kier molecular flexibility index (Phi) is 7.80. The molecule has 2 aromatic rings. The quantitative estimate of drug-likeness (QED) is 0.617. The van der Waals surface area contributed by atoms with Crippen molar-refractivity contribution < 1.29 is 4.74 Å². The van der Waals surface area contributed by atoms with Crippen LogP contribution in [0.4, 0.5) is 0 Å². The number of morpholine rings is 1. The average Bonchev–Trinajstić information content (AvgIpc) is 3.27. The summed E-state index contributed by atoms with van der Waals surface area (Å²) in [6.07, 6.45) is 2.23. The van der Waals surface area contributed by atoms with Crippen molar-refractivity contribution in [3.63, 3.8) is 0 Å². The molecule has 0 N–H and O–H groups in total. The minimum Gasteiger partial charge on any atom is -0.379 e. The molecular weight excluding hydrogens is 378 g/mol. The molecule has 164 valence electrons. The summed E-state index contributed by atoms with van der Waals surface area (Å²) in [4.78, 5) is 7.66. The normalized spacial score (nSPS) is 20.4. The number of ether oxygens (including phenoxy) is 1. The molecule has 0 spiro atoms. The molecule has 0 amide bonds. The lowest BCUT2D eigenvalue weighted by Crippen LogP contribution is -2.50. The van der Waals surface area contributed by atoms with Crippen LogP contribution in [0.5, 0.6) is 0 Å². The Hall–Kier alpha value is -1.87. The zero-order valence-electron chi connectivity index (χ0n) is 18.2. The maximum absolute atomic E-state index is 5.46. The lowest BCUT2D eigenvalue weighted by Gasteiger charge is -2.39. The van der Waals surface area contributed by atoms with Crippen molar-refractivity contribution in [2.24, 2.45) is 0 Å². The summed E-state index contributed by atoms with van der Waals surface area (Å²) >= 11 is 0. The van der Waals surface area contributed by atoms with Crippen molar-refractivity contribution in [1.29, 1.82) is 0 Å². The molecule has 2 aliphatic rings.